The molecule has 0 saturated carbocycles. The molecular weight excluding hydrogens is 366 g/mol. The molecule has 3 amide bonds. The van der Waals surface area contributed by atoms with E-state index in [2.05, 4.69) is 10.3 Å². The molecule has 152 valence electrons. The molecule has 1 heterocycles. The van der Waals surface area contributed by atoms with E-state index >= 15 is 0 Å². The fourth-order valence-electron chi connectivity index (χ4n) is 3.08. The summed E-state index contributed by atoms with van der Waals surface area (Å²) in [7, 11) is 7.10. The van der Waals surface area contributed by atoms with Gasteiger partial charge in [0, 0.05) is 40.3 Å². The van der Waals surface area contributed by atoms with Gasteiger partial charge in [-0.15, -0.1) is 0 Å². The second-order valence-corrected chi connectivity index (χ2v) is 7.49. The van der Waals surface area contributed by atoms with Crippen LogP contribution in [0.25, 0.3) is 11.0 Å². The monoisotopic (exact) mass is 393 g/mol. The first-order chi connectivity index (χ1) is 13.8. The Morgan fingerprint density at radius 1 is 1.07 bits per heavy atom. The van der Waals surface area contributed by atoms with E-state index in [0.29, 0.717) is 18.7 Å². The van der Waals surface area contributed by atoms with Gasteiger partial charge in [0.05, 0.1) is 17.6 Å². The van der Waals surface area contributed by atoms with Crippen LogP contribution in [0.5, 0.6) is 0 Å². The van der Waals surface area contributed by atoms with Gasteiger partial charge in [-0.25, -0.2) is 9.78 Å². The smallest absolute Gasteiger partial charge is 0.317 e. The lowest BCUT2D eigenvalue weighted by Crippen LogP contribution is -2.36. The van der Waals surface area contributed by atoms with Gasteiger partial charge in [-0.2, -0.15) is 0 Å². The van der Waals surface area contributed by atoms with E-state index in [1.54, 1.807) is 38.2 Å². The fourth-order valence-corrected chi connectivity index (χ4v) is 3.08. The molecule has 29 heavy (non-hydrogen) atoms. The van der Waals surface area contributed by atoms with E-state index in [9.17, 15) is 9.59 Å². The number of hydrogen-bond acceptors (Lipinski definition) is 3. The van der Waals surface area contributed by atoms with Gasteiger partial charge in [-0.3, -0.25) is 4.79 Å². The number of amides is 3. The zero-order valence-corrected chi connectivity index (χ0v) is 17.6. The van der Waals surface area contributed by atoms with Gasteiger partial charge in [0.25, 0.3) is 5.91 Å². The second kappa shape index (κ2) is 8.34. The number of fused-ring (bicyclic) bond motifs is 1. The molecule has 0 fully saturated rings. The maximum absolute atomic E-state index is 12.5. The van der Waals surface area contributed by atoms with Crippen LogP contribution in [-0.4, -0.2) is 52.4 Å². The molecule has 0 bridgehead atoms. The van der Waals surface area contributed by atoms with Crippen molar-refractivity contribution in [2.24, 2.45) is 7.05 Å². The fraction of sp³-hybridized carbons (Fsp3) is 0.318. The summed E-state index contributed by atoms with van der Waals surface area (Å²) in [5.74, 6) is 0.689. The predicted molar refractivity (Wildman–Crippen MR) is 114 cm³/mol. The minimum Gasteiger partial charge on any atom is -0.345 e. The van der Waals surface area contributed by atoms with Crippen LogP contribution in [0.1, 0.15) is 27.3 Å². The van der Waals surface area contributed by atoms with Gasteiger partial charge in [-0.05, 0) is 30.7 Å². The molecule has 1 N–H and O–H groups in total. The molecule has 0 radical (unpaired) electrons. The Kier molecular flexibility index (Phi) is 5.87. The number of rotatable bonds is 5. The quantitative estimate of drug-likeness (QED) is 0.725. The summed E-state index contributed by atoms with van der Waals surface area (Å²) in [4.78, 5) is 32.4. The van der Waals surface area contributed by atoms with Crippen molar-refractivity contribution in [1.82, 2.24) is 24.7 Å². The maximum atomic E-state index is 12.5. The highest BCUT2D eigenvalue weighted by Crippen LogP contribution is 2.18. The third-order valence-corrected chi connectivity index (χ3v) is 4.92. The lowest BCUT2D eigenvalue weighted by Gasteiger charge is -2.17. The van der Waals surface area contributed by atoms with E-state index in [1.165, 1.54) is 10.5 Å². The summed E-state index contributed by atoms with van der Waals surface area (Å²) in [6, 6.07) is 13.4. The number of carbonyl (C=O) groups is 2. The van der Waals surface area contributed by atoms with Crippen molar-refractivity contribution in [2.45, 2.75) is 20.0 Å². The Morgan fingerprint density at radius 2 is 1.76 bits per heavy atom. The molecule has 2 aromatic carbocycles. The molecule has 0 aliphatic heterocycles. The molecule has 1 aromatic heterocycles. The lowest BCUT2D eigenvalue weighted by molar-refractivity contribution is 0.0827. The van der Waals surface area contributed by atoms with Crippen LogP contribution in [0.2, 0.25) is 0 Å². The largest absolute Gasteiger partial charge is 0.345 e. The summed E-state index contributed by atoms with van der Waals surface area (Å²) < 4.78 is 1.95. The van der Waals surface area contributed by atoms with Crippen molar-refractivity contribution in [3.63, 3.8) is 0 Å². The van der Waals surface area contributed by atoms with E-state index in [-0.39, 0.29) is 11.9 Å². The van der Waals surface area contributed by atoms with Crippen LogP contribution in [0.15, 0.2) is 42.5 Å². The lowest BCUT2D eigenvalue weighted by atomic mass is 10.1. The molecule has 7 heteroatoms. The standard InChI is InChI=1S/C22H27N5O2/c1-15-6-8-16(9-7-15)13-23-22(29)26(4)14-20-24-18-12-17(21(28)25(2)3)10-11-19(18)27(20)5/h6-12H,13-14H2,1-5H3,(H,23,29). The number of urea groups is 1. The van der Waals surface area contributed by atoms with Crippen molar-refractivity contribution >= 4 is 23.0 Å². The van der Waals surface area contributed by atoms with Gasteiger partial charge >= 0.3 is 6.03 Å². The maximum Gasteiger partial charge on any atom is 0.317 e. The van der Waals surface area contributed by atoms with Crippen LogP contribution in [0.4, 0.5) is 4.79 Å². The molecule has 0 spiro atoms. The van der Waals surface area contributed by atoms with Crippen LogP contribution in [-0.2, 0) is 20.1 Å². The van der Waals surface area contributed by atoms with Gasteiger partial charge < -0.3 is 19.7 Å². The molecular formula is C22H27N5O2. The van der Waals surface area contributed by atoms with Gasteiger partial charge in [0.15, 0.2) is 0 Å². The molecule has 0 aliphatic carbocycles. The Hall–Kier alpha value is -3.35. The Bertz CT molecular complexity index is 1040. The number of aromatic nitrogens is 2. The summed E-state index contributed by atoms with van der Waals surface area (Å²) in [5, 5.41) is 2.93. The van der Waals surface area contributed by atoms with E-state index in [4.69, 9.17) is 0 Å². The van der Waals surface area contributed by atoms with Crippen molar-refractivity contribution in [2.75, 3.05) is 21.1 Å². The number of aryl methyl sites for hydroxylation is 2. The summed E-state index contributed by atoms with van der Waals surface area (Å²) in [6.07, 6.45) is 0. The van der Waals surface area contributed by atoms with Gasteiger partial charge in [0.2, 0.25) is 0 Å². The Labute approximate surface area is 170 Å². The van der Waals surface area contributed by atoms with E-state index in [1.807, 2.05) is 48.9 Å². The number of carbonyl (C=O) groups excluding carboxylic acids is 2. The number of nitrogens with one attached hydrogen (secondary N) is 1. The first-order valence-corrected chi connectivity index (χ1v) is 9.48. The number of benzene rings is 2. The third-order valence-electron chi connectivity index (χ3n) is 4.92. The molecule has 3 rings (SSSR count). The van der Waals surface area contributed by atoms with Crippen molar-refractivity contribution < 1.29 is 9.59 Å². The number of imidazole rings is 1. The molecule has 0 atom stereocenters. The zero-order valence-electron chi connectivity index (χ0n) is 17.6. The minimum absolute atomic E-state index is 0.0632. The van der Waals surface area contributed by atoms with Crippen molar-refractivity contribution in [3.8, 4) is 0 Å². The Balaban J connectivity index is 1.69. The number of nitrogens with zero attached hydrogens (tertiary/aromatic N) is 4. The summed E-state index contributed by atoms with van der Waals surface area (Å²) in [6.45, 7) is 2.87. The third kappa shape index (κ3) is 4.56. The van der Waals surface area contributed by atoms with Crippen LogP contribution >= 0.6 is 0 Å². The van der Waals surface area contributed by atoms with Crippen LogP contribution in [0, 0.1) is 6.92 Å². The Morgan fingerprint density at radius 3 is 2.41 bits per heavy atom. The van der Waals surface area contributed by atoms with Gasteiger partial charge in [-0.1, -0.05) is 29.8 Å². The summed E-state index contributed by atoms with van der Waals surface area (Å²) in [5.41, 5.74) is 4.50. The molecule has 0 aliphatic rings. The van der Waals surface area contributed by atoms with E-state index in [0.717, 1.165) is 22.4 Å². The van der Waals surface area contributed by atoms with Crippen molar-refractivity contribution in [1.29, 1.82) is 0 Å². The molecule has 7 nitrogen and oxygen atoms in total. The van der Waals surface area contributed by atoms with Crippen molar-refractivity contribution in [3.05, 3.63) is 65.0 Å². The average molecular weight is 393 g/mol. The molecule has 0 saturated heterocycles. The highest BCUT2D eigenvalue weighted by Gasteiger charge is 2.16. The minimum atomic E-state index is -0.166. The molecule has 0 unspecified atom stereocenters. The van der Waals surface area contributed by atoms with E-state index < -0.39 is 0 Å². The highest BCUT2D eigenvalue weighted by molar-refractivity contribution is 5.97. The SMILES string of the molecule is Cc1ccc(CNC(=O)N(C)Cc2nc3cc(C(=O)N(C)C)ccc3n2C)cc1. The van der Waals surface area contributed by atoms with Crippen LogP contribution < -0.4 is 5.32 Å². The topological polar surface area (TPSA) is 70.5 Å². The normalized spacial score (nSPS) is 10.8. The average Bonchev–Trinajstić information content (AvgIpc) is 3.01. The first-order valence-electron chi connectivity index (χ1n) is 9.48. The zero-order chi connectivity index (χ0) is 21.1. The highest BCUT2D eigenvalue weighted by atomic mass is 16.2. The second-order valence-electron chi connectivity index (χ2n) is 7.49. The molecule has 3 aromatic rings. The summed E-state index contributed by atoms with van der Waals surface area (Å²) >= 11 is 0. The van der Waals surface area contributed by atoms with Gasteiger partial charge in [0.1, 0.15) is 5.82 Å². The first kappa shape index (κ1) is 20.4. The number of hydrogen-bond donors (Lipinski definition) is 1. The van der Waals surface area contributed by atoms with Crippen LogP contribution in [0.3, 0.4) is 0 Å². The predicted octanol–water partition coefficient (Wildman–Crippen LogP) is 2.93.